The van der Waals surface area contributed by atoms with Crippen LogP contribution in [-0.4, -0.2) is 36.7 Å². The molecule has 1 amide bonds. The molecule has 1 unspecified atom stereocenters. The molecule has 1 aliphatic heterocycles. The first-order valence-electron chi connectivity index (χ1n) is 5.50. The number of amides is 1. The van der Waals surface area contributed by atoms with Crippen LogP contribution < -0.4 is 10.6 Å². The number of aliphatic hydroxyl groups excluding tert-OH is 1. The summed E-state index contributed by atoms with van der Waals surface area (Å²) >= 11 is 0. The second-order valence-electron chi connectivity index (χ2n) is 4.10. The molecule has 0 saturated carbocycles. The lowest BCUT2D eigenvalue weighted by molar-refractivity contribution is -0.117. The number of methoxy groups -OCH3 is 1. The van der Waals surface area contributed by atoms with E-state index in [9.17, 15) is 14.7 Å². The zero-order valence-corrected chi connectivity index (χ0v) is 9.92. The minimum atomic E-state index is -0.734. The number of nitrogens with two attached hydrogens (primary N) is 1. The maximum Gasteiger partial charge on any atom is 0.340 e. The van der Waals surface area contributed by atoms with E-state index in [2.05, 4.69) is 4.74 Å². The Morgan fingerprint density at radius 1 is 1.56 bits per heavy atom. The largest absolute Gasteiger partial charge is 0.465 e. The number of carbonyl (C=O) groups excluding carboxylic acids is 2. The molecule has 2 rings (SSSR count). The zero-order chi connectivity index (χ0) is 13.3. The summed E-state index contributed by atoms with van der Waals surface area (Å²) in [6.07, 6.45) is -0.697. The molecule has 0 bridgehead atoms. The lowest BCUT2D eigenvalue weighted by Crippen LogP contribution is -2.28. The zero-order valence-electron chi connectivity index (χ0n) is 9.92. The van der Waals surface area contributed by atoms with Crippen molar-refractivity contribution < 1.29 is 19.4 Å². The average molecular weight is 250 g/mol. The number of para-hydroxylation sites is 1. The Kier molecular flexibility index (Phi) is 3.20. The third-order valence-corrected chi connectivity index (χ3v) is 2.85. The smallest absolute Gasteiger partial charge is 0.340 e. The summed E-state index contributed by atoms with van der Waals surface area (Å²) in [4.78, 5) is 24.7. The van der Waals surface area contributed by atoms with Crippen LogP contribution in [0.5, 0.6) is 0 Å². The number of rotatable bonds is 2. The SMILES string of the molecule is COC(=O)c1cccc(N)c1N1CC(O)CC1=O. The van der Waals surface area contributed by atoms with Crippen LogP contribution in [0.25, 0.3) is 0 Å². The summed E-state index contributed by atoms with van der Waals surface area (Å²) in [5, 5.41) is 9.49. The van der Waals surface area contributed by atoms with Crippen molar-refractivity contribution in [2.75, 3.05) is 24.3 Å². The van der Waals surface area contributed by atoms with Gasteiger partial charge in [-0.1, -0.05) is 6.07 Å². The Morgan fingerprint density at radius 2 is 2.28 bits per heavy atom. The Hall–Kier alpha value is -2.08. The second kappa shape index (κ2) is 4.66. The number of aliphatic hydroxyl groups is 1. The molecule has 3 N–H and O–H groups in total. The number of anilines is 2. The third-order valence-electron chi connectivity index (χ3n) is 2.85. The van der Waals surface area contributed by atoms with Crippen molar-refractivity contribution in [1.29, 1.82) is 0 Å². The van der Waals surface area contributed by atoms with Crippen LogP contribution in [0.3, 0.4) is 0 Å². The molecule has 1 aromatic rings. The van der Waals surface area contributed by atoms with Crippen LogP contribution in [0.1, 0.15) is 16.8 Å². The summed E-state index contributed by atoms with van der Waals surface area (Å²) in [7, 11) is 1.26. The number of hydrogen-bond acceptors (Lipinski definition) is 5. The maximum atomic E-state index is 11.8. The number of hydrogen-bond donors (Lipinski definition) is 2. The average Bonchev–Trinajstić information content (AvgIpc) is 2.67. The van der Waals surface area contributed by atoms with Gasteiger partial charge in [0.2, 0.25) is 5.91 Å². The summed E-state index contributed by atoms with van der Waals surface area (Å²) in [5.74, 6) is -0.822. The second-order valence-corrected chi connectivity index (χ2v) is 4.10. The predicted octanol–water partition coefficient (Wildman–Crippen LogP) is 0.153. The Morgan fingerprint density at radius 3 is 2.83 bits per heavy atom. The van der Waals surface area contributed by atoms with Crippen LogP contribution in [0.15, 0.2) is 18.2 Å². The van der Waals surface area contributed by atoms with E-state index in [1.807, 2.05) is 0 Å². The molecule has 0 radical (unpaired) electrons. The summed E-state index contributed by atoms with van der Waals surface area (Å²) in [5.41, 5.74) is 6.66. The topological polar surface area (TPSA) is 92.9 Å². The Labute approximate surface area is 104 Å². The van der Waals surface area contributed by atoms with Crippen LogP contribution >= 0.6 is 0 Å². The number of ether oxygens (including phenoxy) is 1. The quantitative estimate of drug-likeness (QED) is 0.576. The van der Waals surface area contributed by atoms with Crippen molar-refractivity contribution >= 4 is 23.3 Å². The van der Waals surface area contributed by atoms with Gasteiger partial charge in [-0.3, -0.25) is 4.79 Å². The van der Waals surface area contributed by atoms with Gasteiger partial charge in [0.1, 0.15) is 0 Å². The standard InChI is InChI=1S/C12H14N2O4/c1-18-12(17)8-3-2-4-9(13)11(8)14-6-7(15)5-10(14)16/h2-4,7,15H,5-6,13H2,1H3. The van der Waals surface area contributed by atoms with Gasteiger partial charge in [-0.2, -0.15) is 0 Å². The lowest BCUT2D eigenvalue weighted by Gasteiger charge is -2.20. The lowest BCUT2D eigenvalue weighted by atomic mass is 10.1. The number of benzene rings is 1. The van der Waals surface area contributed by atoms with Gasteiger partial charge >= 0.3 is 5.97 Å². The van der Waals surface area contributed by atoms with Crippen LogP contribution in [0.4, 0.5) is 11.4 Å². The van der Waals surface area contributed by atoms with Gasteiger partial charge in [0.15, 0.2) is 0 Å². The van der Waals surface area contributed by atoms with Crippen molar-refractivity contribution in [1.82, 2.24) is 0 Å². The molecule has 18 heavy (non-hydrogen) atoms. The fourth-order valence-electron chi connectivity index (χ4n) is 2.04. The fraction of sp³-hybridized carbons (Fsp3) is 0.333. The highest BCUT2D eigenvalue weighted by Crippen LogP contribution is 2.31. The predicted molar refractivity (Wildman–Crippen MR) is 65.2 cm³/mol. The molecular formula is C12H14N2O4. The third kappa shape index (κ3) is 2.02. The van der Waals surface area contributed by atoms with E-state index in [1.54, 1.807) is 12.1 Å². The summed E-state index contributed by atoms with van der Waals surface area (Å²) in [6.45, 7) is 0.136. The number of β-amino-alcohol motifs (C(OH)–C–C–N with tert-alkyl or cyclic N) is 1. The summed E-state index contributed by atoms with van der Waals surface area (Å²) in [6, 6.07) is 4.75. The molecule has 96 valence electrons. The van der Waals surface area contributed by atoms with Gasteiger partial charge < -0.3 is 20.5 Å². The van der Waals surface area contributed by atoms with E-state index in [-0.39, 0.29) is 24.4 Å². The normalized spacial score (nSPS) is 19.1. The highest BCUT2D eigenvalue weighted by molar-refractivity contribution is 6.07. The molecule has 1 heterocycles. The minimum absolute atomic E-state index is 0.0367. The van der Waals surface area contributed by atoms with Gasteiger partial charge in [0.05, 0.1) is 43.1 Å². The molecule has 0 spiro atoms. The summed E-state index contributed by atoms with van der Waals surface area (Å²) < 4.78 is 4.66. The van der Waals surface area contributed by atoms with Crippen molar-refractivity contribution in [3.8, 4) is 0 Å². The van der Waals surface area contributed by atoms with Gasteiger partial charge in [0.25, 0.3) is 0 Å². The Balaban J connectivity index is 2.49. The molecule has 0 aromatic heterocycles. The van der Waals surface area contributed by atoms with E-state index < -0.39 is 12.1 Å². The molecule has 1 fully saturated rings. The number of esters is 1. The minimum Gasteiger partial charge on any atom is -0.465 e. The molecule has 1 atom stereocenters. The van der Waals surface area contributed by atoms with Crippen molar-refractivity contribution in [2.24, 2.45) is 0 Å². The van der Waals surface area contributed by atoms with E-state index in [0.29, 0.717) is 11.4 Å². The van der Waals surface area contributed by atoms with E-state index in [0.717, 1.165) is 0 Å². The van der Waals surface area contributed by atoms with E-state index in [1.165, 1.54) is 18.1 Å². The first kappa shape index (κ1) is 12.4. The van der Waals surface area contributed by atoms with Crippen LogP contribution in [0.2, 0.25) is 0 Å². The molecule has 1 aliphatic rings. The Bertz CT molecular complexity index is 501. The molecule has 1 saturated heterocycles. The number of carbonyl (C=O) groups is 2. The molecular weight excluding hydrogens is 236 g/mol. The van der Waals surface area contributed by atoms with Gasteiger partial charge in [-0.05, 0) is 12.1 Å². The molecule has 1 aromatic carbocycles. The van der Waals surface area contributed by atoms with Gasteiger partial charge in [0, 0.05) is 0 Å². The first-order valence-corrected chi connectivity index (χ1v) is 5.50. The maximum absolute atomic E-state index is 11.8. The van der Waals surface area contributed by atoms with Gasteiger partial charge in [-0.15, -0.1) is 0 Å². The fourth-order valence-corrected chi connectivity index (χ4v) is 2.04. The highest BCUT2D eigenvalue weighted by atomic mass is 16.5. The van der Waals surface area contributed by atoms with Crippen molar-refractivity contribution in [2.45, 2.75) is 12.5 Å². The van der Waals surface area contributed by atoms with Crippen LogP contribution in [0, 0.1) is 0 Å². The molecule has 6 heteroatoms. The van der Waals surface area contributed by atoms with Crippen molar-refractivity contribution in [3.63, 3.8) is 0 Å². The van der Waals surface area contributed by atoms with Crippen LogP contribution in [-0.2, 0) is 9.53 Å². The van der Waals surface area contributed by atoms with Gasteiger partial charge in [-0.25, -0.2) is 4.79 Å². The monoisotopic (exact) mass is 250 g/mol. The first-order chi connectivity index (χ1) is 8.54. The number of nitrogen functional groups attached to an aromatic ring is 1. The van der Waals surface area contributed by atoms with E-state index >= 15 is 0 Å². The molecule has 0 aliphatic carbocycles. The van der Waals surface area contributed by atoms with Crippen molar-refractivity contribution in [3.05, 3.63) is 23.8 Å². The number of nitrogens with zero attached hydrogens (tertiary/aromatic N) is 1. The van der Waals surface area contributed by atoms with E-state index in [4.69, 9.17) is 5.73 Å². The molecule has 6 nitrogen and oxygen atoms in total. The highest BCUT2D eigenvalue weighted by Gasteiger charge is 2.32.